The molecule has 0 aliphatic carbocycles. The minimum Gasteiger partial charge on any atom is -0.268 e. The van der Waals surface area contributed by atoms with Crippen molar-refractivity contribution in [3.8, 4) is 11.3 Å². The van der Waals surface area contributed by atoms with E-state index in [2.05, 4.69) is 27.1 Å². The van der Waals surface area contributed by atoms with Gasteiger partial charge >= 0.3 is 0 Å². The second-order valence-corrected chi connectivity index (χ2v) is 4.63. The van der Waals surface area contributed by atoms with Gasteiger partial charge in [-0.2, -0.15) is 5.10 Å². The first-order chi connectivity index (χ1) is 8.20. The molecular weight excluding hydrogens is 280 g/mol. The van der Waals surface area contributed by atoms with Crippen molar-refractivity contribution in [2.24, 2.45) is 0 Å². The van der Waals surface area contributed by atoms with Gasteiger partial charge in [-0.15, -0.1) is 0 Å². The molecule has 0 saturated carbocycles. The van der Waals surface area contributed by atoms with Crippen LogP contribution in [0.1, 0.15) is 5.56 Å². The van der Waals surface area contributed by atoms with Gasteiger partial charge in [0.15, 0.2) is 0 Å². The quantitative estimate of drug-likeness (QED) is 0.815. The summed E-state index contributed by atoms with van der Waals surface area (Å²) in [6, 6.07) is 11.4. The first kappa shape index (κ1) is 12.0. The van der Waals surface area contributed by atoms with Crippen molar-refractivity contribution in [3.05, 3.63) is 52.3 Å². The van der Waals surface area contributed by atoms with Crippen molar-refractivity contribution >= 4 is 15.9 Å². The molecule has 0 spiro atoms. The molecule has 88 valence electrons. The van der Waals surface area contributed by atoms with E-state index in [1.807, 2.05) is 25.1 Å². The van der Waals surface area contributed by atoms with E-state index < -0.39 is 0 Å². The van der Waals surface area contributed by atoms with Gasteiger partial charge in [0.1, 0.15) is 0 Å². The fourth-order valence-corrected chi connectivity index (χ4v) is 1.98. The molecule has 4 heteroatoms. The van der Waals surface area contributed by atoms with Gasteiger partial charge in [0.2, 0.25) is 0 Å². The number of nitrogens with zero attached hydrogens (tertiary/aromatic N) is 2. The molecule has 0 unspecified atom stereocenters. The second-order valence-electron chi connectivity index (χ2n) is 3.84. The molecule has 0 N–H and O–H groups in total. The Labute approximate surface area is 108 Å². The number of hydrogen-bond acceptors (Lipinski definition) is 2. The van der Waals surface area contributed by atoms with Crippen LogP contribution in [0.2, 0.25) is 0 Å². The number of rotatable bonds is 3. The van der Waals surface area contributed by atoms with E-state index in [0.29, 0.717) is 6.54 Å². The van der Waals surface area contributed by atoms with E-state index in [1.54, 1.807) is 12.1 Å². The van der Waals surface area contributed by atoms with E-state index in [9.17, 15) is 4.79 Å². The average molecular weight is 293 g/mol. The molecule has 2 rings (SSSR count). The first-order valence-electron chi connectivity index (χ1n) is 5.42. The Morgan fingerprint density at radius 3 is 2.82 bits per heavy atom. The molecule has 0 saturated heterocycles. The summed E-state index contributed by atoms with van der Waals surface area (Å²) in [5, 5.41) is 5.07. The Balaban J connectivity index is 2.46. The Bertz CT molecular complexity index is 578. The monoisotopic (exact) mass is 292 g/mol. The minimum atomic E-state index is -0.0687. The number of benzene rings is 1. The van der Waals surface area contributed by atoms with E-state index in [-0.39, 0.29) is 5.56 Å². The van der Waals surface area contributed by atoms with Crippen LogP contribution in [0.5, 0.6) is 0 Å². The van der Waals surface area contributed by atoms with Gasteiger partial charge in [0.05, 0.1) is 12.2 Å². The number of halogens is 1. The Morgan fingerprint density at radius 1 is 1.29 bits per heavy atom. The Morgan fingerprint density at radius 2 is 2.12 bits per heavy atom. The topological polar surface area (TPSA) is 34.9 Å². The normalized spacial score (nSPS) is 10.5. The number of aromatic nitrogens is 2. The lowest BCUT2D eigenvalue weighted by Crippen LogP contribution is -2.22. The van der Waals surface area contributed by atoms with Crippen molar-refractivity contribution in [1.29, 1.82) is 0 Å². The molecule has 0 aliphatic rings. The zero-order valence-corrected chi connectivity index (χ0v) is 11.1. The fraction of sp³-hybridized carbons (Fsp3) is 0.231. The Hall–Kier alpha value is -1.42. The lowest BCUT2D eigenvalue weighted by molar-refractivity contribution is 0.627. The van der Waals surface area contributed by atoms with Gasteiger partial charge in [0.25, 0.3) is 5.56 Å². The molecule has 0 aliphatic heterocycles. The highest BCUT2D eigenvalue weighted by Gasteiger charge is 2.02. The number of hydrogen-bond donors (Lipinski definition) is 0. The van der Waals surface area contributed by atoms with E-state index >= 15 is 0 Å². The zero-order valence-electron chi connectivity index (χ0n) is 9.56. The highest BCUT2D eigenvalue weighted by molar-refractivity contribution is 9.09. The highest BCUT2D eigenvalue weighted by atomic mass is 79.9. The summed E-state index contributed by atoms with van der Waals surface area (Å²) in [4.78, 5) is 11.5. The van der Waals surface area contributed by atoms with Crippen LogP contribution in [-0.4, -0.2) is 15.1 Å². The summed E-state index contributed by atoms with van der Waals surface area (Å²) in [6.45, 7) is 2.62. The van der Waals surface area contributed by atoms with Gasteiger partial charge in [-0.1, -0.05) is 39.7 Å². The summed E-state index contributed by atoms with van der Waals surface area (Å²) in [5.41, 5.74) is 2.98. The van der Waals surface area contributed by atoms with Crippen LogP contribution in [0, 0.1) is 6.92 Å². The zero-order chi connectivity index (χ0) is 12.3. The molecule has 2 aromatic rings. The second kappa shape index (κ2) is 5.27. The third kappa shape index (κ3) is 2.82. The fourth-order valence-electron chi connectivity index (χ4n) is 1.65. The maximum atomic E-state index is 11.5. The average Bonchev–Trinajstić information content (AvgIpc) is 2.32. The third-order valence-electron chi connectivity index (χ3n) is 2.48. The lowest BCUT2D eigenvalue weighted by atomic mass is 10.1. The van der Waals surface area contributed by atoms with Gasteiger partial charge in [0, 0.05) is 17.0 Å². The van der Waals surface area contributed by atoms with Crippen LogP contribution in [0.25, 0.3) is 11.3 Å². The SMILES string of the molecule is Cc1cccc(-c2ccc(=O)n(CCBr)n2)c1. The van der Waals surface area contributed by atoms with Gasteiger partial charge in [-0.25, -0.2) is 4.68 Å². The van der Waals surface area contributed by atoms with E-state index in [1.165, 1.54) is 10.2 Å². The van der Waals surface area contributed by atoms with Gasteiger partial charge < -0.3 is 0 Å². The molecular formula is C13H13BrN2O. The van der Waals surface area contributed by atoms with Crippen molar-refractivity contribution < 1.29 is 0 Å². The molecule has 1 aromatic carbocycles. The van der Waals surface area contributed by atoms with E-state index in [4.69, 9.17) is 0 Å². The lowest BCUT2D eigenvalue weighted by Gasteiger charge is -2.06. The van der Waals surface area contributed by atoms with E-state index in [0.717, 1.165) is 16.6 Å². The van der Waals surface area contributed by atoms with Crippen LogP contribution >= 0.6 is 15.9 Å². The molecule has 1 aromatic heterocycles. The summed E-state index contributed by atoms with van der Waals surface area (Å²) in [7, 11) is 0. The van der Waals surface area contributed by atoms with Gasteiger partial charge in [-0.05, 0) is 19.1 Å². The highest BCUT2D eigenvalue weighted by Crippen LogP contribution is 2.16. The molecule has 0 fully saturated rings. The predicted octanol–water partition coefficient (Wildman–Crippen LogP) is 2.61. The van der Waals surface area contributed by atoms with Crippen molar-refractivity contribution in [2.45, 2.75) is 13.5 Å². The number of alkyl halides is 1. The maximum absolute atomic E-state index is 11.5. The van der Waals surface area contributed by atoms with Crippen LogP contribution in [-0.2, 0) is 6.54 Å². The summed E-state index contributed by atoms with van der Waals surface area (Å²) >= 11 is 3.31. The minimum absolute atomic E-state index is 0.0687. The Kier molecular flexibility index (Phi) is 3.74. The van der Waals surface area contributed by atoms with Crippen LogP contribution < -0.4 is 5.56 Å². The van der Waals surface area contributed by atoms with Crippen LogP contribution in [0.3, 0.4) is 0 Å². The van der Waals surface area contributed by atoms with Crippen LogP contribution in [0.15, 0.2) is 41.2 Å². The van der Waals surface area contributed by atoms with Crippen molar-refractivity contribution in [1.82, 2.24) is 9.78 Å². The standard InChI is InChI=1S/C13H13BrN2O/c1-10-3-2-4-11(9-10)12-5-6-13(17)16(15-12)8-7-14/h2-6,9H,7-8H2,1H3. The number of aryl methyl sites for hydroxylation is 2. The summed E-state index contributed by atoms with van der Waals surface area (Å²) < 4.78 is 1.48. The summed E-state index contributed by atoms with van der Waals surface area (Å²) in [5.74, 6) is 0. The predicted molar refractivity (Wildman–Crippen MR) is 72.5 cm³/mol. The first-order valence-corrected chi connectivity index (χ1v) is 6.54. The molecule has 3 nitrogen and oxygen atoms in total. The van der Waals surface area contributed by atoms with Crippen molar-refractivity contribution in [3.63, 3.8) is 0 Å². The molecule has 0 radical (unpaired) electrons. The molecule has 1 heterocycles. The third-order valence-corrected chi connectivity index (χ3v) is 2.83. The van der Waals surface area contributed by atoms with Gasteiger partial charge in [-0.3, -0.25) is 4.79 Å². The van der Waals surface area contributed by atoms with Crippen LogP contribution in [0.4, 0.5) is 0 Å². The molecule has 0 atom stereocenters. The van der Waals surface area contributed by atoms with Crippen molar-refractivity contribution in [2.75, 3.05) is 5.33 Å². The largest absolute Gasteiger partial charge is 0.268 e. The molecule has 0 amide bonds. The molecule has 17 heavy (non-hydrogen) atoms. The maximum Gasteiger partial charge on any atom is 0.266 e. The molecule has 0 bridgehead atoms. The smallest absolute Gasteiger partial charge is 0.266 e. The summed E-state index contributed by atoms with van der Waals surface area (Å²) in [6.07, 6.45) is 0.